The average molecular weight is 298 g/mol. The molecule has 7 heteroatoms. The molecule has 0 radical (unpaired) electrons. The second-order valence-electron chi connectivity index (χ2n) is 5.03. The number of nitrogens with one attached hydrogen (secondary N) is 1. The molecule has 1 aliphatic rings. The zero-order chi connectivity index (χ0) is 15.2. The Kier molecular flexibility index (Phi) is 5.46. The van der Waals surface area contributed by atoms with E-state index in [2.05, 4.69) is 10.2 Å². The van der Waals surface area contributed by atoms with E-state index in [-0.39, 0.29) is 11.7 Å². The van der Waals surface area contributed by atoms with Crippen molar-refractivity contribution in [3.63, 3.8) is 0 Å². The molecule has 0 aliphatic carbocycles. The van der Waals surface area contributed by atoms with Crippen LogP contribution in [0.15, 0.2) is 18.2 Å². The van der Waals surface area contributed by atoms with E-state index in [4.69, 9.17) is 5.73 Å². The van der Waals surface area contributed by atoms with Crippen LogP contribution >= 0.6 is 0 Å². The maximum absolute atomic E-state index is 13.5. The minimum absolute atomic E-state index is 0.00744. The molecule has 0 bridgehead atoms. The largest absolute Gasteiger partial charge is 0.330 e. The summed E-state index contributed by atoms with van der Waals surface area (Å²) in [5.41, 5.74) is 5.46. The highest BCUT2D eigenvalue weighted by atomic mass is 19.1. The molecule has 21 heavy (non-hydrogen) atoms. The summed E-state index contributed by atoms with van der Waals surface area (Å²) in [4.78, 5) is 15.9. The van der Waals surface area contributed by atoms with Gasteiger partial charge in [-0.25, -0.2) is 13.6 Å². The van der Waals surface area contributed by atoms with Crippen LogP contribution in [-0.2, 0) is 0 Å². The summed E-state index contributed by atoms with van der Waals surface area (Å²) in [6.45, 7) is 4.31. The SMILES string of the molecule is NCCCN1CCN(C(=O)Nc2ccc(F)cc2F)CC1. The first-order valence-electron chi connectivity index (χ1n) is 7.03. The van der Waals surface area contributed by atoms with Crippen molar-refractivity contribution in [2.75, 3.05) is 44.6 Å². The van der Waals surface area contributed by atoms with Crippen molar-refractivity contribution >= 4 is 11.7 Å². The highest BCUT2D eigenvalue weighted by Crippen LogP contribution is 2.16. The standard InChI is InChI=1S/C14H20F2N4O/c15-11-2-3-13(12(16)10-11)18-14(21)20-8-6-19(7-9-20)5-1-4-17/h2-3,10H,1,4-9,17H2,(H,18,21). The van der Waals surface area contributed by atoms with Crippen molar-refractivity contribution in [1.29, 1.82) is 0 Å². The van der Waals surface area contributed by atoms with Crippen LogP contribution in [-0.4, -0.2) is 55.1 Å². The molecule has 1 saturated heterocycles. The van der Waals surface area contributed by atoms with E-state index in [1.54, 1.807) is 4.90 Å². The normalized spacial score (nSPS) is 16.0. The summed E-state index contributed by atoms with van der Waals surface area (Å²) in [6.07, 6.45) is 0.937. The second-order valence-corrected chi connectivity index (χ2v) is 5.03. The summed E-state index contributed by atoms with van der Waals surface area (Å²) in [5, 5.41) is 2.47. The molecular formula is C14H20F2N4O. The Labute approximate surface area is 122 Å². The summed E-state index contributed by atoms with van der Waals surface area (Å²) in [6, 6.07) is 2.73. The molecule has 2 amide bonds. The third-order valence-corrected chi connectivity index (χ3v) is 3.51. The molecule has 1 aromatic carbocycles. The third kappa shape index (κ3) is 4.37. The Bertz CT molecular complexity index is 490. The van der Waals surface area contributed by atoms with Gasteiger partial charge in [0.05, 0.1) is 5.69 Å². The van der Waals surface area contributed by atoms with Gasteiger partial charge in [-0.2, -0.15) is 0 Å². The van der Waals surface area contributed by atoms with Crippen LogP contribution < -0.4 is 11.1 Å². The highest BCUT2D eigenvalue weighted by Gasteiger charge is 2.21. The zero-order valence-corrected chi connectivity index (χ0v) is 11.8. The Hall–Kier alpha value is -1.73. The molecule has 5 nitrogen and oxygen atoms in total. The van der Waals surface area contributed by atoms with E-state index < -0.39 is 11.6 Å². The van der Waals surface area contributed by atoms with Gasteiger partial charge in [0.15, 0.2) is 0 Å². The predicted octanol–water partition coefficient (Wildman–Crippen LogP) is 1.46. The Morgan fingerprint density at radius 3 is 2.57 bits per heavy atom. The van der Waals surface area contributed by atoms with Gasteiger partial charge < -0.3 is 16.0 Å². The molecule has 1 aliphatic heterocycles. The first-order chi connectivity index (χ1) is 10.1. The minimum Gasteiger partial charge on any atom is -0.330 e. The van der Waals surface area contributed by atoms with E-state index >= 15 is 0 Å². The number of halogens is 2. The fraction of sp³-hybridized carbons (Fsp3) is 0.500. The lowest BCUT2D eigenvalue weighted by atomic mass is 10.3. The van der Waals surface area contributed by atoms with Crippen LogP contribution in [0.4, 0.5) is 19.3 Å². The molecular weight excluding hydrogens is 278 g/mol. The lowest BCUT2D eigenvalue weighted by molar-refractivity contribution is 0.147. The summed E-state index contributed by atoms with van der Waals surface area (Å²) in [7, 11) is 0. The molecule has 0 atom stereocenters. The number of hydrogen-bond donors (Lipinski definition) is 2. The van der Waals surface area contributed by atoms with E-state index in [1.807, 2.05) is 0 Å². The van der Waals surface area contributed by atoms with E-state index in [0.717, 1.165) is 38.2 Å². The van der Waals surface area contributed by atoms with Crippen molar-refractivity contribution in [1.82, 2.24) is 9.80 Å². The second kappa shape index (κ2) is 7.33. The molecule has 116 valence electrons. The van der Waals surface area contributed by atoms with Crippen LogP contribution in [0.2, 0.25) is 0 Å². The van der Waals surface area contributed by atoms with Crippen molar-refractivity contribution in [3.8, 4) is 0 Å². The Morgan fingerprint density at radius 2 is 1.95 bits per heavy atom. The van der Waals surface area contributed by atoms with Gasteiger partial charge in [-0.05, 0) is 31.6 Å². The van der Waals surface area contributed by atoms with Gasteiger partial charge in [0.2, 0.25) is 0 Å². The third-order valence-electron chi connectivity index (χ3n) is 3.51. The molecule has 0 unspecified atom stereocenters. The molecule has 0 spiro atoms. The molecule has 3 N–H and O–H groups in total. The number of rotatable bonds is 4. The predicted molar refractivity (Wildman–Crippen MR) is 77.1 cm³/mol. The van der Waals surface area contributed by atoms with Crippen LogP contribution in [0.25, 0.3) is 0 Å². The van der Waals surface area contributed by atoms with Crippen molar-refractivity contribution in [2.24, 2.45) is 5.73 Å². The van der Waals surface area contributed by atoms with E-state index in [9.17, 15) is 13.6 Å². The number of piperazine rings is 1. The molecule has 1 fully saturated rings. The van der Waals surface area contributed by atoms with E-state index in [0.29, 0.717) is 19.6 Å². The number of carbonyl (C=O) groups is 1. The summed E-state index contributed by atoms with van der Waals surface area (Å²) in [5.74, 6) is -1.44. The van der Waals surface area contributed by atoms with Crippen LogP contribution in [0.5, 0.6) is 0 Å². The zero-order valence-electron chi connectivity index (χ0n) is 11.8. The van der Waals surface area contributed by atoms with Crippen molar-refractivity contribution in [2.45, 2.75) is 6.42 Å². The monoisotopic (exact) mass is 298 g/mol. The van der Waals surface area contributed by atoms with Crippen LogP contribution in [0.3, 0.4) is 0 Å². The van der Waals surface area contributed by atoms with Gasteiger partial charge in [-0.15, -0.1) is 0 Å². The highest BCUT2D eigenvalue weighted by molar-refractivity contribution is 5.89. The van der Waals surface area contributed by atoms with Gasteiger partial charge in [-0.3, -0.25) is 4.90 Å². The van der Waals surface area contributed by atoms with E-state index in [1.165, 1.54) is 6.07 Å². The lowest BCUT2D eigenvalue weighted by Crippen LogP contribution is -2.50. The number of nitrogens with two attached hydrogens (primary N) is 1. The number of amides is 2. The minimum atomic E-state index is -0.773. The maximum Gasteiger partial charge on any atom is 0.322 e. The Morgan fingerprint density at radius 1 is 1.24 bits per heavy atom. The molecule has 0 saturated carbocycles. The summed E-state index contributed by atoms with van der Waals surface area (Å²) >= 11 is 0. The lowest BCUT2D eigenvalue weighted by Gasteiger charge is -2.34. The molecule has 1 aromatic rings. The number of anilines is 1. The molecule has 1 heterocycles. The summed E-state index contributed by atoms with van der Waals surface area (Å²) < 4.78 is 26.3. The van der Waals surface area contributed by atoms with Gasteiger partial charge in [-0.1, -0.05) is 0 Å². The van der Waals surface area contributed by atoms with Crippen LogP contribution in [0, 0.1) is 11.6 Å². The number of benzene rings is 1. The van der Waals surface area contributed by atoms with Gasteiger partial charge in [0.25, 0.3) is 0 Å². The number of carbonyl (C=O) groups excluding carboxylic acids is 1. The quantitative estimate of drug-likeness (QED) is 0.885. The fourth-order valence-electron chi connectivity index (χ4n) is 2.27. The van der Waals surface area contributed by atoms with Crippen molar-refractivity contribution in [3.05, 3.63) is 29.8 Å². The molecule has 2 rings (SSSR count). The van der Waals surface area contributed by atoms with Gasteiger partial charge >= 0.3 is 6.03 Å². The fourth-order valence-corrected chi connectivity index (χ4v) is 2.27. The van der Waals surface area contributed by atoms with Crippen molar-refractivity contribution < 1.29 is 13.6 Å². The van der Waals surface area contributed by atoms with Crippen LogP contribution in [0.1, 0.15) is 6.42 Å². The Balaban J connectivity index is 1.84. The maximum atomic E-state index is 13.5. The topological polar surface area (TPSA) is 61.6 Å². The number of urea groups is 1. The number of nitrogens with zero attached hydrogens (tertiary/aromatic N) is 2. The van der Waals surface area contributed by atoms with Gasteiger partial charge in [0, 0.05) is 32.2 Å². The average Bonchev–Trinajstić information content (AvgIpc) is 2.48. The molecule has 0 aromatic heterocycles. The smallest absolute Gasteiger partial charge is 0.322 e. The first kappa shape index (κ1) is 15.7. The first-order valence-corrected chi connectivity index (χ1v) is 7.03. The van der Waals surface area contributed by atoms with Gasteiger partial charge in [0.1, 0.15) is 11.6 Å². The number of hydrogen-bond acceptors (Lipinski definition) is 3.